The van der Waals surface area contributed by atoms with Crippen molar-refractivity contribution in [3.8, 4) is 5.75 Å². The van der Waals surface area contributed by atoms with Crippen LogP contribution < -0.4 is 9.64 Å². The number of likely N-dealkylation sites (N-methyl/N-ethyl adjacent to an activating group) is 1. The summed E-state index contributed by atoms with van der Waals surface area (Å²) in [7, 11) is 5.38. The van der Waals surface area contributed by atoms with Gasteiger partial charge in [0.15, 0.2) is 0 Å². The lowest BCUT2D eigenvalue weighted by molar-refractivity contribution is -0.137. The van der Waals surface area contributed by atoms with Crippen molar-refractivity contribution in [1.29, 1.82) is 0 Å². The van der Waals surface area contributed by atoms with Crippen molar-refractivity contribution >= 4 is 11.6 Å². The summed E-state index contributed by atoms with van der Waals surface area (Å²) >= 11 is 0. The van der Waals surface area contributed by atoms with Gasteiger partial charge in [0.25, 0.3) is 0 Å². The van der Waals surface area contributed by atoms with Crippen LogP contribution in [0.25, 0.3) is 0 Å². The Morgan fingerprint density at radius 2 is 1.80 bits per heavy atom. The van der Waals surface area contributed by atoms with Crippen LogP contribution in [0.1, 0.15) is 29.5 Å². The van der Waals surface area contributed by atoms with Crippen molar-refractivity contribution in [2.75, 3.05) is 39.2 Å². The van der Waals surface area contributed by atoms with Crippen LogP contribution in [0.15, 0.2) is 42.5 Å². The second-order valence-corrected chi connectivity index (χ2v) is 8.01. The highest BCUT2D eigenvalue weighted by Crippen LogP contribution is 2.40. The van der Waals surface area contributed by atoms with Gasteiger partial charge in [-0.3, -0.25) is 4.79 Å². The molecule has 0 fully saturated rings. The molecule has 1 heterocycles. The number of anilines is 1. The Morgan fingerprint density at radius 3 is 2.37 bits per heavy atom. The highest BCUT2D eigenvalue weighted by molar-refractivity contribution is 5.97. The normalized spacial score (nSPS) is 19.6. The molecule has 0 aromatic heterocycles. The van der Waals surface area contributed by atoms with Gasteiger partial charge in [0.05, 0.1) is 12.7 Å². The Kier molecular flexibility index (Phi) is 6.41. The molecular weight excluding hydrogens is 393 g/mol. The maximum atomic E-state index is 13.4. The predicted octanol–water partition coefficient (Wildman–Crippen LogP) is 4.58. The number of carbonyl (C=O) groups is 1. The van der Waals surface area contributed by atoms with Gasteiger partial charge in [-0.2, -0.15) is 13.2 Å². The number of nitrogens with zero attached hydrogens (tertiary/aromatic N) is 2. The van der Waals surface area contributed by atoms with Crippen molar-refractivity contribution in [3.05, 3.63) is 59.2 Å². The second kappa shape index (κ2) is 8.68. The first-order valence-electron chi connectivity index (χ1n) is 9.92. The van der Waals surface area contributed by atoms with E-state index in [1.165, 1.54) is 12.1 Å². The number of rotatable bonds is 5. The van der Waals surface area contributed by atoms with E-state index in [4.69, 9.17) is 4.74 Å². The summed E-state index contributed by atoms with van der Waals surface area (Å²) in [4.78, 5) is 17.0. The van der Waals surface area contributed by atoms with Crippen LogP contribution in [-0.4, -0.2) is 45.1 Å². The first-order valence-corrected chi connectivity index (χ1v) is 9.92. The van der Waals surface area contributed by atoms with Gasteiger partial charge < -0.3 is 14.5 Å². The molecule has 0 aliphatic carbocycles. The molecule has 0 saturated carbocycles. The molecule has 0 radical (unpaired) electrons. The molecule has 0 N–H and O–H groups in total. The third-order valence-corrected chi connectivity index (χ3v) is 5.71. The van der Waals surface area contributed by atoms with E-state index in [0.717, 1.165) is 11.6 Å². The molecule has 0 saturated heterocycles. The Morgan fingerprint density at radius 1 is 1.13 bits per heavy atom. The largest absolute Gasteiger partial charge is 0.497 e. The van der Waals surface area contributed by atoms with Crippen LogP contribution in [0.2, 0.25) is 0 Å². The fourth-order valence-corrected chi connectivity index (χ4v) is 3.93. The van der Waals surface area contributed by atoms with Gasteiger partial charge in [-0.25, -0.2) is 0 Å². The van der Waals surface area contributed by atoms with Crippen LogP contribution in [-0.2, 0) is 17.4 Å². The molecule has 30 heavy (non-hydrogen) atoms. The highest BCUT2D eigenvalue weighted by Gasteiger charge is 2.37. The number of hydrogen-bond donors (Lipinski definition) is 0. The minimum Gasteiger partial charge on any atom is -0.497 e. The van der Waals surface area contributed by atoms with Crippen molar-refractivity contribution in [2.24, 2.45) is 5.92 Å². The highest BCUT2D eigenvalue weighted by atomic mass is 19.4. The number of amides is 1. The zero-order valence-corrected chi connectivity index (χ0v) is 17.7. The summed E-state index contributed by atoms with van der Waals surface area (Å²) in [6, 6.07) is 11.1. The number of alkyl halides is 3. The minimum atomic E-state index is -4.43. The lowest BCUT2D eigenvalue weighted by Gasteiger charge is -2.27. The lowest BCUT2D eigenvalue weighted by Crippen LogP contribution is -2.40. The monoisotopic (exact) mass is 420 g/mol. The quantitative estimate of drug-likeness (QED) is 0.710. The number of ether oxygens (including phenoxy) is 1. The summed E-state index contributed by atoms with van der Waals surface area (Å²) in [5.74, 6) is 0.0205. The van der Waals surface area contributed by atoms with E-state index in [0.29, 0.717) is 36.5 Å². The summed E-state index contributed by atoms with van der Waals surface area (Å²) in [6.07, 6.45) is -4.07. The van der Waals surface area contributed by atoms with E-state index in [2.05, 4.69) is 0 Å². The third-order valence-electron chi connectivity index (χ3n) is 5.71. The number of benzene rings is 2. The lowest BCUT2D eigenvalue weighted by atomic mass is 9.82. The predicted molar refractivity (Wildman–Crippen MR) is 111 cm³/mol. The topological polar surface area (TPSA) is 32.8 Å². The maximum Gasteiger partial charge on any atom is 0.416 e. The van der Waals surface area contributed by atoms with Gasteiger partial charge in [0.1, 0.15) is 5.75 Å². The Balaban J connectivity index is 2.07. The van der Waals surface area contributed by atoms with E-state index in [1.807, 2.05) is 50.2 Å². The fourth-order valence-electron chi connectivity index (χ4n) is 3.93. The van der Waals surface area contributed by atoms with E-state index >= 15 is 0 Å². The van der Waals surface area contributed by atoms with Crippen molar-refractivity contribution in [2.45, 2.75) is 25.4 Å². The molecule has 1 aliphatic heterocycles. The molecule has 2 aromatic rings. The van der Waals surface area contributed by atoms with Crippen LogP contribution >= 0.6 is 0 Å². The van der Waals surface area contributed by atoms with Crippen molar-refractivity contribution in [3.63, 3.8) is 0 Å². The standard InChI is InChI=1S/C23H27F3N2O2/c1-15-20(16-5-8-19(30-4)9-6-16)14-17-13-18(23(24,25)26)7-10-21(17)28(22(15)29)12-11-27(2)3/h5-10,13,15,20H,11-12,14H2,1-4H3/t15-,20-/m1/s1. The number of fused-ring (bicyclic) bond motifs is 1. The van der Waals surface area contributed by atoms with Crippen LogP contribution in [0.3, 0.4) is 0 Å². The van der Waals surface area contributed by atoms with Gasteiger partial charge in [-0.05, 0) is 67.9 Å². The summed E-state index contributed by atoms with van der Waals surface area (Å²) in [6.45, 7) is 2.90. The van der Waals surface area contributed by atoms with Gasteiger partial charge in [-0.1, -0.05) is 19.1 Å². The summed E-state index contributed by atoms with van der Waals surface area (Å²) in [5.41, 5.74) is 1.33. The Labute approximate surface area is 175 Å². The number of carbonyl (C=O) groups excluding carboxylic acids is 1. The summed E-state index contributed by atoms with van der Waals surface area (Å²) in [5, 5.41) is 0. The smallest absolute Gasteiger partial charge is 0.416 e. The van der Waals surface area contributed by atoms with Gasteiger partial charge >= 0.3 is 6.18 Å². The average molecular weight is 420 g/mol. The van der Waals surface area contributed by atoms with Crippen molar-refractivity contribution in [1.82, 2.24) is 4.90 Å². The SMILES string of the molecule is COc1ccc([C@@H]2Cc3cc(C(F)(F)F)ccc3N(CCN(C)C)C(=O)[C@@H]2C)cc1. The molecule has 7 heteroatoms. The van der Waals surface area contributed by atoms with Crippen molar-refractivity contribution < 1.29 is 22.7 Å². The van der Waals surface area contributed by atoms with Crippen LogP contribution in [0.4, 0.5) is 18.9 Å². The molecule has 162 valence electrons. The average Bonchev–Trinajstić information content (AvgIpc) is 2.80. The fraction of sp³-hybridized carbons (Fsp3) is 0.435. The second-order valence-electron chi connectivity index (χ2n) is 8.01. The Hall–Kier alpha value is -2.54. The molecular formula is C23H27F3N2O2. The summed E-state index contributed by atoms with van der Waals surface area (Å²) < 4.78 is 45.3. The van der Waals surface area contributed by atoms with Crippen LogP contribution in [0, 0.1) is 5.92 Å². The minimum absolute atomic E-state index is 0.0730. The molecule has 2 aromatic carbocycles. The Bertz CT molecular complexity index is 894. The zero-order chi connectivity index (χ0) is 22.1. The molecule has 0 spiro atoms. The molecule has 3 rings (SSSR count). The van der Waals surface area contributed by atoms with Gasteiger partial charge in [-0.15, -0.1) is 0 Å². The van der Waals surface area contributed by atoms with Gasteiger partial charge in [0, 0.05) is 24.7 Å². The number of methoxy groups -OCH3 is 1. The maximum absolute atomic E-state index is 13.4. The molecule has 1 amide bonds. The molecule has 4 nitrogen and oxygen atoms in total. The molecule has 1 aliphatic rings. The van der Waals surface area contributed by atoms with E-state index in [1.54, 1.807) is 12.0 Å². The molecule has 2 atom stereocenters. The van der Waals surface area contributed by atoms with Crippen LogP contribution in [0.5, 0.6) is 5.75 Å². The van der Waals surface area contributed by atoms with E-state index in [9.17, 15) is 18.0 Å². The zero-order valence-electron chi connectivity index (χ0n) is 17.7. The third kappa shape index (κ3) is 4.61. The van der Waals surface area contributed by atoms with Gasteiger partial charge in [0.2, 0.25) is 5.91 Å². The number of halogens is 3. The number of hydrogen-bond acceptors (Lipinski definition) is 3. The van der Waals surface area contributed by atoms with E-state index in [-0.39, 0.29) is 17.7 Å². The first-order chi connectivity index (χ1) is 14.1. The molecule has 0 unspecified atom stereocenters. The molecule has 0 bridgehead atoms. The first kappa shape index (κ1) is 22.2. The van der Waals surface area contributed by atoms with E-state index < -0.39 is 11.7 Å².